The third-order valence-corrected chi connectivity index (χ3v) is 4.53. The minimum Gasteiger partial charge on any atom is -0.495 e. The van der Waals surface area contributed by atoms with Crippen LogP contribution in [0.25, 0.3) is 0 Å². The van der Waals surface area contributed by atoms with E-state index in [1.165, 1.54) is 46.3 Å². The number of nitrogens with zero attached hydrogens (tertiary/aromatic N) is 2. The van der Waals surface area contributed by atoms with Crippen molar-refractivity contribution in [1.29, 1.82) is 0 Å². The van der Waals surface area contributed by atoms with Crippen LogP contribution in [0.2, 0.25) is 0 Å². The summed E-state index contributed by atoms with van der Waals surface area (Å²) in [6, 6.07) is 8.87. The Morgan fingerprint density at radius 2 is 1.71 bits per heavy atom. The lowest BCUT2D eigenvalue weighted by Crippen LogP contribution is -2.29. The zero-order chi connectivity index (χ0) is 25.3. The first-order valence-corrected chi connectivity index (χ1v) is 10.1. The molecular formula is C22H25N5O7. The summed E-state index contributed by atoms with van der Waals surface area (Å²) >= 11 is 0. The highest BCUT2D eigenvalue weighted by molar-refractivity contribution is 6.67. The van der Waals surface area contributed by atoms with Crippen LogP contribution in [0.15, 0.2) is 41.5 Å². The van der Waals surface area contributed by atoms with Crippen LogP contribution in [-0.2, 0) is 20.8 Å². The highest BCUT2D eigenvalue weighted by atomic mass is 16.6. The van der Waals surface area contributed by atoms with Gasteiger partial charge >= 0.3 is 0 Å². The van der Waals surface area contributed by atoms with Gasteiger partial charge in [-0.3, -0.25) is 29.9 Å². The van der Waals surface area contributed by atoms with Gasteiger partial charge in [-0.1, -0.05) is 6.07 Å². The summed E-state index contributed by atoms with van der Waals surface area (Å²) < 4.78 is 10.4. The lowest BCUT2D eigenvalue weighted by Gasteiger charge is -2.13. The number of benzene rings is 2. The van der Waals surface area contributed by atoms with E-state index in [0.29, 0.717) is 24.4 Å². The van der Waals surface area contributed by atoms with Gasteiger partial charge < -0.3 is 20.1 Å². The number of anilines is 2. The van der Waals surface area contributed by atoms with E-state index in [-0.39, 0.29) is 23.0 Å². The van der Waals surface area contributed by atoms with E-state index >= 15 is 0 Å². The number of amides is 2. The number of carbonyl (C=O) groups is 3. The van der Waals surface area contributed by atoms with Gasteiger partial charge in [0.25, 0.3) is 11.6 Å². The Morgan fingerprint density at radius 3 is 2.29 bits per heavy atom. The molecule has 2 aromatic rings. The lowest BCUT2D eigenvalue weighted by molar-refractivity contribution is -0.384. The fourth-order valence-electron chi connectivity index (χ4n) is 2.86. The third kappa shape index (κ3) is 7.02. The predicted molar refractivity (Wildman–Crippen MR) is 125 cm³/mol. The second-order valence-corrected chi connectivity index (χ2v) is 6.99. The van der Waals surface area contributed by atoms with Crippen molar-refractivity contribution in [2.45, 2.75) is 20.3 Å². The van der Waals surface area contributed by atoms with Gasteiger partial charge in [-0.2, -0.15) is 5.10 Å². The molecule has 2 amide bonds. The molecule has 0 spiro atoms. The van der Waals surface area contributed by atoms with Crippen molar-refractivity contribution >= 4 is 40.4 Å². The molecule has 0 radical (unpaired) electrons. The van der Waals surface area contributed by atoms with Gasteiger partial charge in [-0.05, 0) is 30.2 Å². The maximum atomic E-state index is 12.8. The second kappa shape index (κ2) is 11.9. The van der Waals surface area contributed by atoms with E-state index in [0.717, 1.165) is 5.56 Å². The zero-order valence-corrected chi connectivity index (χ0v) is 19.1. The van der Waals surface area contributed by atoms with Gasteiger partial charge in [0.05, 0.1) is 36.6 Å². The average molecular weight is 471 g/mol. The number of non-ortho nitro benzene ring substituents is 1. The normalized spacial score (nSPS) is 10.8. The summed E-state index contributed by atoms with van der Waals surface area (Å²) in [6.07, 6.45) is 0.515. The van der Waals surface area contributed by atoms with Crippen LogP contribution < -0.4 is 25.5 Å². The Kier molecular flexibility index (Phi) is 9.06. The van der Waals surface area contributed by atoms with E-state index in [4.69, 9.17) is 9.47 Å². The van der Waals surface area contributed by atoms with Crippen LogP contribution in [0, 0.1) is 10.1 Å². The molecule has 12 nitrogen and oxygen atoms in total. The van der Waals surface area contributed by atoms with Crippen molar-refractivity contribution in [3.8, 4) is 11.5 Å². The largest absolute Gasteiger partial charge is 0.495 e. The van der Waals surface area contributed by atoms with Crippen LogP contribution in [0.4, 0.5) is 17.1 Å². The van der Waals surface area contributed by atoms with Gasteiger partial charge in [0.1, 0.15) is 5.75 Å². The molecule has 180 valence electrons. The Balaban J connectivity index is 2.25. The molecule has 0 saturated heterocycles. The number of nitro groups is 1. The molecule has 0 aliphatic heterocycles. The second-order valence-electron chi connectivity index (χ2n) is 6.99. The van der Waals surface area contributed by atoms with E-state index in [9.17, 15) is 24.5 Å². The first kappa shape index (κ1) is 25.8. The van der Waals surface area contributed by atoms with Crippen LogP contribution in [0.3, 0.4) is 0 Å². The van der Waals surface area contributed by atoms with Crippen molar-refractivity contribution in [3.05, 3.63) is 52.1 Å². The fraction of sp³-hybridized carbons (Fsp3) is 0.273. The maximum Gasteiger partial charge on any atom is 0.279 e. The molecule has 0 bridgehead atoms. The molecular weight excluding hydrogens is 446 g/mol. The molecule has 0 heterocycles. The monoisotopic (exact) mass is 471 g/mol. The number of nitro benzene ring substituents is 1. The number of nitrogens with one attached hydrogen (secondary N) is 3. The number of Topliss-reactive ketones (excluding diaryl/α,β-unsaturated/α-hetero) is 1. The smallest absolute Gasteiger partial charge is 0.279 e. The molecule has 0 aromatic heterocycles. The molecule has 0 fully saturated rings. The lowest BCUT2D eigenvalue weighted by atomic mass is 10.1. The number of ether oxygens (including phenoxy) is 2. The van der Waals surface area contributed by atoms with Crippen molar-refractivity contribution in [2.75, 3.05) is 31.5 Å². The summed E-state index contributed by atoms with van der Waals surface area (Å²) in [4.78, 5) is 46.3. The summed E-state index contributed by atoms with van der Waals surface area (Å²) in [6.45, 7) is 3.01. The van der Waals surface area contributed by atoms with Crippen molar-refractivity contribution in [3.63, 3.8) is 0 Å². The molecule has 0 atom stereocenters. The molecule has 0 aliphatic rings. The quantitative estimate of drug-likeness (QED) is 0.195. The van der Waals surface area contributed by atoms with Gasteiger partial charge in [0.2, 0.25) is 5.91 Å². The van der Waals surface area contributed by atoms with E-state index in [1.54, 1.807) is 18.2 Å². The molecule has 3 N–H and O–H groups in total. The van der Waals surface area contributed by atoms with Crippen molar-refractivity contribution < 1.29 is 28.8 Å². The first-order valence-electron chi connectivity index (χ1n) is 10.1. The minimum atomic E-state index is -0.793. The summed E-state index contributed by atoms with van der Waals surface area (Å²) in [5.41, 5.74) is 3.27. The number of methoxy groups -OCH3 is 2. The van der Waals surface area contributed by atoms with Gasteiger partial charge in [-0.15, -0.1) is 0 Å². The molecule has 34 heavy (non-hydrogen) atoms. The number of hydrogen-bond acceptors (Lipinski definition) is 9. The summed E-state index contributed by atoms with van der Waals surface area (Å²) in [7, 11) is 2.75. The highest BCUT2D eigenvalue weighted by Gasteiger charge is 2.20. The fourth-order valence-corrected chi connectivity index (χ4v) is 2.86. The van der Waals surface area contributed by atoms with Crippen LogP contribution in [0.1, 0.15) is 19.4 Å². The molecule has 2 aromatic carbocycles. The summed E-state index contributed by atoms with van der Waals surface area (Å²) in [5.74, 6) is -1.09. The molecule has 0 aliphatic carbocycles. The van der Waals surface area contributed by atoms with Gasteiger partial charge in [0.15, 0.2) is 17.2 Å². The number of rotatable bonds is 11. The number of hydrogen-bond donors (Lipinski definition) is 3. The molecule has 12 heteroatoms. The van der Waals surface area contributed by atoms with E-state index < -0.39 is 22.3 Å². The Labute approximate surface area is 195 Å². The first-order chi connectivity index (χ1) is 16.2. The zero-order valence-electron chi connectivity index (χ0n) is 19.1. The predicted octanol–water partition coefficient (Wildman–Crippen LogP) is 2.29. The molecule has 2 rings (SSSR count). The van der Waals surface area contributed by atoms with Gasteiger partial charge in [0, 0.05) is 26.5 Å². The standard InChI is InChI=1S/C22H25N5O7/c1-13(28)21(26-25-17-7-6-16(27(31)32)12-20(17)34-4)22(30)24-18-11-15(5-8-19(18)33-3)9-10-23-14(2)29/h5-8,11-12,25H,9-10H2,1-4H3,(H,23,29)(H,24,30)/b26-21+. The Bertz CT molecular complexity index is 1130. The highest BCUT2D eigenvalue weighted by Crippen LogP contribution is 2.29. The van der Waals surface area contributed by atoms with Crippen LogP contribution in [0.5, 0.6) is 11.5 Å². The van der Waals surface area contributed by atoms with Crippen molar-refractivity contribution in [1.82, 2.24) is 5.32 Å². The van der Waals surface area contributed by atoms with Crippen LogP contribution in [-0.4, -0.2) is 49.0 Å². The Morgan fingerprint density at radius 1 is 1.00 bits per heavy atom. The number of hydrazone groups is 1. The number of ketones is 1. The third-order valence-electron chi connectivity index (χ3n) is 4.53. The molecule has 0 unspecified atom stereocenters. The van der Waals surface area contributed by atoms with Crippen molar-refractivity contribution in [2.24, 2.45) is 5.10 Å². The summed E-state index contributed by atoms with van der Waals surface area (Å²) in [5, 5.41) is 20.1. The number of carbonyl (C=O) groups excluding carboxylic acids is 3. The van der Waals surface area contributed by atoms with E-state index in [1.807, 2.05) is 0 Å². The molecule has 0 saturated carbocycles. The Hall–Kier alpha value is -4.48. The average Bonchev–Trinajstić information content (AvgIpc) is 2.78. The van der Waals surface area contributed by atoms with E-state index in [2.05, 4.69) is 21.2 Å². The SMILES string of the molecule is COc1cc([N+](=O)[O-])ccc1N/N=C(\C(C)=O)C(=O)Nc1cc(CCNC(C)=O)ccc1OC. The topological polar surface area (TPSA) is 161 Å². The maximum absolute atomic E-state index is 12.8. The van der Waals surface area contributed by atoms with Crippen LogP contribution >= 0.6 is 0 Å². The van der Waals surface area contributed by atoms with Gasteiger partial charge in [-0.25, -0.2) is 0 Å². The minimum absolute atomic E-state index is 0.106.